The molecule has 2 heterocycles. The number of rotatable bonds is 3. The van der Waals surface area contributed by atoms with Crippen molar-refractivity contribution in [1.29, 1.82) is 0 Å². The van der Waals surface area contributed by atoms with Crippen LogP contribution in [-0.4, -0.2) is 35.1 Å². The molecule has 8 nitrogen and oxygen atoms in total. The van der Waals surface area contributed by atoms with E-state index >= 15 is 0 Å². The standard InChI is InChI=1S/C15H17N5O3/c16-15(21)18-10-4-7-19(8-5-10)13-1-2-14(20(22)23)12-9-17-6-3-11(12)13/h1-3,6,9-10H,4-5,7-8H2,(H3,16,18,21). The van der Waals surface area contributed by atoms with Gasteiger partial charge in [0.1, 0.15) is 0 Å². The lowest BCUT2D eigenvalue weighted by Gasteiger charge is -2.34. The molecule has 1 aliphatic rings. The summed E-state index contributed by atoms with van der Waals surface area (Å²) in [4.78, 5) is 27.9. The fourth-order valence-corrected chi connectivity index (χ4v) is 3.06. The van der Waals surface area contributed by atoms with E-state index in [1.54, 1.807) is 18.3 Å². The van der Waals surface area contributed by atoms with Crippen LogP contribution < -0.4 is 16.0 Å². The van der Waals surface area contributed by atoms with Gasteiger partial charge in [0, 0.05) is 48.7 Å². The number of carbonyl (C=O) groups is 1. The summed E-state index contributed by atoms with van der Waals surface area (Å²) < 4.78 is 0. The van der Waals surface area contributed by atoms with E-state index in [4.69, 9.17) is 5.73 Å². The number of hydrogen-bond acceptors (Lipinski definition) is 5. The molecule has 120 valence electrons. The number of hydrogen-bond donors (Lipinski definition) is 2. The third-order valence-electron chi connectivity index (χ3n) is 4.15. The first kappa shape index (κ1) is 15.0. The average molecular weight is 315 g/mol. The number of piperidine rings is 1. The number of primary amides is 1. The average Bonchev–Trinajstić information content (AvgIpc) is 2.54. The molecular formula is C15H17N5O3. The van der Waals surface area contributed by atoms with E-state index in [1.165, 1.54) is 12.3 Å². The number of urea groups is 1. The number of nitrogens with two attached hydrogens (primary N) is 1. The van der Waals surface area contributed by atoms with Crippen LogP contribution in [0.2, 0.25) is 0 Å². The third kappa shape index (κ3) is 3.01. The molecule has 1 aromatic carbocycles. The zero-order chi connectivity index (χ0) is 16.4. The van der Waals surface area contributed by atoms with Crippen LogP contribution in [0.4, 0.5) is 16.2 Å². The fourth-order valence-electron chi connectivity index (χ4n) is 3.06. The minimum atomic E-state index is -0.504. The number of nitro benzene ring substituents is 1. The molecule has 0 unspecified atom stereocenters. The van der Waals surface area contributed by atoms with Gasteiger partial charge >= 0.3 is 6.03 Å². The van der Waals surface area contributed by atoms with Crippen molar-refractivity contribution in [3.05, 3.63) is 40.7 Å². The van der Waals surface area contributed by atoms with Gasteiger partial charge in [-0.05, 0) is 25.0 Å². The zero-order valence-corrected chi connectivity index (χ0v) is 12.4. The maximum Gasteiger partial charge on any atom is 0.312 e. The van der Waals surface area contributed by atoms with Gasteiger partial charge in [0.25, 0.3) is 5.69 Å². The van der Waals surface area contributed by atoms with Crippen LogP contribution in [0.25, 0.3) is 10.8 Å². The largest absolute Gasteiger partial charge is 0.371 e. The lowest BCUT2D eigenvalue weighted by Crippen LogP contribution is -2.46. The van der Waals surface area contributed by atoms with Gasteiger partial charge in [-0.25, -0.2) is 4.79 Å². The number of carbonyl (C=O) groups excluding carboxylic acids is 1. The van der Waals surface area contributed by atoms with Gasteiger partial charge in [0.2, 0.25) is 0 Å². The summed E-state index contributed by atoms with van der Waals surface area (Å²) in [5, 5.41) is 15.2. The Morgan fingerprint density at radius 3 is 2.70 bits per heavy atom. The van der Waals surface area contributed by atoms with E-state index in [-0.39, 0.29) is 11.7 Å². The Morgan fingerprint density at radius 1 is 1.30 bits per heavy atom. The number of benzene rings is 1. The van der Waals surface area contributed by atoms with E-state index in [9.17, 15) is 14.9 Å². The maximum atomic E-state index is 11.2. The minimum absolute atomic E-state index is 0.0575. The SMILES string of the molecule is NC(=O)NC1CCN(c2ccc([N+](=O)[O-])c3cnccc23)CC1. The van der Waals surface area contributed by atoms with Gasteiger partial charge in [0.05, 0.1) is 10.3 Å². The third-order valence-corrected chi connectivity index (χ3v) is 4.15. The van der Waals surface area contributed by atoms with Crippen molar-refractivity contribution in [3.63, 3.8) is 0 Å². The molecule has 0 saturated carbocycles. The van der Waals surface area contributed by atoms with Gasteiger partial charge in [-0.2, -0.15) is 0 Å². The molecule has 2 aromatic rings. The summed E-state index contributed by atoms with van der Waals surface area (Å²) in [5.74, 6) is 0. The summed E-state index contributed by atoms with van der Waals surface area (Å²) in [6, 6.07) is 4.67. The quantitative estimate of drug-likeness (QED) is 0.662. The minimum Gasteiger partial charge on any atom is -0.371 e. The molecule has 0 radical (unpaired) electrons. The highest BCUT2D eigenvalue weighted by Gasteiger charge is 2.23. The second-order valence-electron chi connectivity index (χ2n) is 5.55. The summed E-state index contributed by atoms with van der Waals surface area (Å²) in [7, 11) is 0. The van der Waals surface area contributed by atoms with Gasteiger partial charge in [-0.3, -0.25) is 15.1 Å². The Labute approximate surface area is 132 Å². The number of aromatic nitrogens is 1. The van der Waals surface area contributed by atoms with Crippen LogP contribution in [0.15, 0.2) is 30.6 Å². The smallest absolute Gasteiger partial charge is 0.312 e. The predicted molar refractivity (Wildman–Crippen MR) is 86.4 cm³/mol. The fraction of sp³-hybridized carbons (Fsp3) is 0.333. The number of anilines is 1. The number of nitrogens with zero attached hydrogens (tertiary/aromatic N) is 3. The first-order valence-electron chi connectivity index (χ1n) is 7.38. The van der Waals surface area contributed by atoms with E-state index < -0.39 is 11.0 Å². The number of pyridine rings is 1. The summed E-state index contributed by atoms with van der Waals surface area (Å²) in [6.45, 7) is 1.50. The van der Waals surface area contributed by atoms with E-state index in [1.807, 2.05) is 0 Å². The molecule has 1 aromatic heterocycles. The van der Waals surface area contributed by atoms with Crippen molar-refractivity contribution in [2.45, 2.75) is 18.9 Å². The first-order chi connectivity index (χ1) is 11.1. The van der Waals surface area contributed by atoms with Crippen LogP contribution in [0.1, 0.15) is 12.8 Å². The van der Waals surface area contributed by atoms with Crippen LogP contribution >= 0.6 is 0 Å². The number of amides is 2. The van der Waals surface area contributed by atoms with Crippen LogP contribution in [0.5, 0.6) is 0 Å². The Morgan fingerprint density at radius 2 is 2.04 bits per heavy atom. The van der Waals surface area contributed by atoms with Crippen molar-refractivity contribution < 1.29 is 9.72 Å². The maximum absolute atomic E-state index is 11.2. The topological polar surface area (TPSA) is 114 Å². The lowest BCUT2D eigenvalue weighted by molar-refractivity contribution is -0.383. The van der Waals surface area contributed by atoms with Gasteiger partial charge in [-0.15, -0.1) is 0 Å². The molecule has 23 heavy (non-hydrogen) atoms. The molecule has 1 saturated heterocycles. The molecule has 0 atom stereocenters. The molecule has 0 aliphatic carbocycles. The van der Waals surface area contributed by atoms with Crippen molar-refractivity contribution in [2.24, 2.45) is 5.73 Å². The Bertz CT molecular complexity index is 756. The highest BCUT2D eigenvalue weighted by Crippen LogP contribution is 2.34. The van der Waals surface area contributed by atoms with Crippen molar-refractivity contribution in [1.82, 2.24) is 10.3 Å². The van der Waals surface area contributed by atoms with Crippen molar-refractivity contribution in [3.8, 4) is 0 Å². The molecule has 0 spiro atoms. The second-order valence-corrected chi connectivity index (χ2v) is 5.55. The zero-order valence-electron chi connectivity index (χ0n) is 12.4. The number of fused-ring (bicyclic) bond motifs is 1. The number of nitro groups is 1. The van der Waals surface area contributed by atoms with Gasteiger partial charge in [-0.1, -0.05) is 0 Å². The molecule has 1 fully saturated rings. The Hall–Kier alpha value is -2.90. The highest BCUT2D eigenvalue weighted by atomic mass is 16.6. The summed E-state index contributed by atoms with van der Waals surface area (Å²) in [6.07, 6.45) is 4.73. The van der Waals surface area contributed by atoms with Crippen LogP contribution in [0, 0.1) is 10.1 Å². The Kier molecular flexibility index (Phi) is 3.96. The number of non-ortho nitro benzene ring substituents is 1. The molecule has 1 aliphatic heterocycles. The van der Waals surface area contributed by atoms with E-state index in [0.717, 1.165) is 37.0 Å². The van der Waals surface area contributed by atoms with Crippen LogP contribution in [0.3, 0.4) is 0 Å². The predicted octanol–water partition coefficient (Wildman–Crippen LogP) is 1.78. The van der Waals surface area contributed by atoms with E-state index in [2.05, 4.69) is 15.2 Å². The van der Waals surface area contributed by atoms with Crippen molar-refractivity contribution in [2.75, 3.05) is 18.0 Å². The Balaban J connectivity index is 1.88. The van der Waals surface area contributed by atoms with Gasteiger partial charge in [0.15, 0.2) is 0 Å². The summed E-state index contributed by atoms with van der Waals surface area (Å²) >= 11 is 0. The van der Waals surface area contributed by atoms with Crippen LogP contribution in [-0.2, 0) is 0 Å². The molecule has 3 rings (SSSR count). The summed E-state index contributed by atoms with van der Waals surface area (Å²) in [5.41, 5.74) is 6.16. The second kappa shape index (κ2) is 6.07. The molecule has 0 bridgehead atoms. The molecule has 3 N–H and O–H groups in total. The lowest BCUT2D eigenvalue weighted by atomic mass is 10.0. The molecule has 8 heteroatoms. The molecular weight excluding hydrogens is 298 g/mol. The normalized spacial score (nSPS) is 15.6. The number of nitrogens with one attached hydrogen (secondary N) is 1. The van der Waals surface area contributed by atoms with Gasteiger partial charge < -0.3 is 16.0 Å². The molecule has 2 amide bonds. The van der Waals surface area contributed by atoms with E-state index in [0.29, 0.717) is 5.39 Å². The van der Waals surface area contributed by atoms with Crippen molar-refractivity contribution >= 4 is 28.2 Å². The highest BCUT2D eigenvalue weighted by molar-refractivity contribution is 5.99. The monoisotopic (exact) mass is 315 g/mol. The first-order valence-corrected chi connectivity index (χ1v) is 7.38.